The predicted octanol–water partition coefficient (Wildman–Crippen LogP) is 8.45. The Morgan fingerprint density at radius 2 is 1.43 bits per heavy atom. The molecule has 2 atom stereocenters. The molecule has 0 spiro atoms. The van der Waals surface area contributed by atoms with Crippen molar-refractivity contribution in [3.63, 3.8) is 0 Å². The molecule has 0 heterocycles. The van der Waals surface area contributed by atoms with Crippen molar-refractivity contribution in [2.24, 2.45) is 11.3 Å². The quantitative estimate of drug-likeness (QED) is 0.0764. The van der Waals surface area contributed by atoms with Crippen molar-refractivity contribution in [3.8, 4) is 11.5 Å². The van der Waals surface area contributed by atoms with Crippen LogP contribution < -0.4 is 9.47 Å². The van der Waals surface area contributed by atoms with Crippen molar-refractivity contribution in [1.82, 2.24) is 0 Å². The van der Waals surface area contributed by atoms with Crippen LogP contribution in [0.1, 0.15) is 116 Å². The third-order valence-corrected chi connectivity index (χ3v) is 7.47. The van der Waals surface area contributed by atoms with Crippen LogP contribution in [0.25, 0.3) is 0 Å². The van der Waals surface area contributed by atoms with Crippen LogP contribution in [0.3, 0.4) is 0 Å². The second-order valence-corrected chi connectivity index (χ2v) is 12.5. The zero-order valence-corrected chi connectivity index (χ0v) is 25.1. The van der Waals surface area contributed by atoms with E-state index in [9.17, 15) is 14.2 Å². The summed E-state index contributed by atoms with van der Waals surface area (Å²) < 4.78 is 29.2. The van der Waals surface area contributed by atoms with Crippen molar-refractivity contribution < 1.29 is 28.4 Å². The van der Waals surface area contributed by atoms with E-state index in [0.717, 1.165) is 25.7 Å². The highest BCUT2D eigenvalue weighted by Crippen LogP contribution is 2.41. The minimum absolute atomic E-state index is 0.0296. The van der Waals surface area contributed by atoms with Crippen LogP contribution in [0.4, 0.5) is 0 Å². The van der Waals surface area contributed by atoms with E-state index in [-0.39, 0.29) is 42.1 Å². The van der Waals surface area contributed by atoms with Gasteiger partial charge in [0.2, 0.25) is 0 Å². The van der Waals surface area contributed by atoms with Gasteiger partial charge >= 0.3 is 5.97 Å². The zero-order chi connectivity index (χ0) is 27.9. The lowest BCUT2D eigenvalue weighted by Crippen LogP contribution is -2.39. The number of Topliss-reactive ketones (excluding diaryl/α,β-unsaturated/α-hetero) is 1. The average Bonchev–Trinajstić information content (AvgIpc) is 2.85. The normalized spacial score (nSPS) is 14.1. The second-order valence-electron chi connectivity index (χ2n) is 11.4. The number of hydrogen-bond donors (Lipinski definition) is 0. The molecule has 0 bridgehead atoms. The van der Waals surface area contributed by atoms with Gasteiger partial charge in [0.05, 0.1) is 20.8 Å². The Kier molecular flexibility index (Phi) is 15.0. The van der Waals surface area contributed by atoms with Gasteiger partial charge in [0.15, 0.2) is 19.4 Å². The van der Waals surface area contributed by atoms with Gasteiger partial charge in [-0.25, -0.2) is 0 Å². The van der Waals surface area contributed by atoms with Crippen molar-refractivity contribution in [2.45, 2.75) is 110 Å². The van der Waals surface area contributed by atoms with Crippen LogP contribution in [0.2, 0.25) is 0 Å². The van der Waals surface area contributed by atoms with E-state index in [0.29, 0.717) is 11.5 Å². The monoisotopic (exact) mass is 536 g/mol. The van der Waals surface area contributed by atoms with Crippen molar-refractivity contribution >= 4 is 20.2 Å². The molecule has 1 aromatic rings. The summed E-state index contributed by atoms with van der Waals surface area (Å²) in [7, 11) is 2.55. The van der Waals surface area contributed by atoms with E-state index < -0.39 is 19.6 Å². The standard InChI is InChI=1S/C30H49O6P/c1-8-9-10-11-12-13-14-15-19-36-28(32)30(37-33,21-23(2)20-29(3,4)5)22-24(31)27-25(34-6)17-16-18-26(27)35-7/h16-18,23H,8-15,19-22H2,1-7H3. The van der Waals surface area contributed by atoms with E-state index >= 15 is 0 Å². The fourth-order valence-corrected chi connectivity index (χ4v) is 5.78. The highest BCUT2D eigenvalue weighted by molar-refractivity contribution is 7.28. The fraction of sp³-hybridized carbons (Fsp3) is 0.733. The summed E-state index contributed by atoms with van der Waals surface area (Å²) in [6, 6.07) is 5.08. The second kappa shape index (κ2) is 16.8. The van der Waals surface area contributed by atoms with Crippen molar-refractivity contribution in [3.05, 3.63) is 23.8 Å². The Morgan fingerprint density at radius 1 is 0.892 bits per heavy atom. The first-order chi connectivity index (χ1) is 17.5. The van der Waals surface area contributed by atoms with Crippen LogP contribution >= 0.6 is 8.46 Å². The molecule has 7 heteroatoms. The maximum absolute atomic E-state index is 13.6. The lowest BCUT2D eigenvalue weighted by Gasteiger charge is -2.30. The van der Waals surface area contributed by atoms with E-state index in [1.165, 1.54) is 46.3 Å². The molecule has 0 radical (unpaired) electrons. The molecule has 0 aliphatic carbocycles. The zero-order valence-electron chi connectivity index (χ0n) is 24.2. The van der Waals surface area contributed by atoms with Crippen molar-refractivity contribution in [1.29, 1.82) is 0 Å². The molecule has 0 amide bonds. The highest BCUT2D eigenvalue weighted by Gasteiger charge is 2.45. The van der Waals surface area contributed by atoms with Gasteiger partial charge in [-0.05, 0) is 42.7 Å². The Hall–Kier alpha value is -1.94. The Morgan fingerprint density at radius 3 is 1.92 bits per heavy atom. The number of ether oxygens (including phenoxy) is 3. The molecule has 210 valence electrons. The van der Waals surface area contributed by atoms with E-state index in [4.69, 9.17) is 14.2 Å². The van der Waals surface area contributed by atoms with E-state index in [2.05, 4.69) is 27.7 Å². The molecule has 0 saturated heterocycles. The first kappa shape index (κ1) is 33.1. The number of esters is 1. The van der Waals surface area contributed by atoms with Crippen LogP contribution in [0, 0.1) is 11.3 Å². The summed E-state index contributed by atoms with van der Waals surface area (Å²) in [6.45, 7) is 10.9. The third kappa shape index (κ3) is 11.5. The maximum Gasteiger partial charge on any atom is 0.324 e. The minimum Gasteiger partial charge on any atom is -0.496 e. The molecule has 0 aliphatic heterocycles. The smallest absolute Gasteiger partial charge is 0.324 e. The van der Waals surface area contributed by atoms with Gasteiger partial charge in [0.1, 0.15) is 17.1 Å². The number of carbonyl (C=O) groups is 2. The van der Waals surface area contributed by atoms with E-state index in [1.807, 2.05) is 6.92 Å². The van der Waals surface area contributed by atoms with Gasteiger partial charge in [-0.2, -0.15) is 0 Å². The van der Waals surface area contributed by atoms with Gasteiger partial charge in [-0.3, -0.25) is 14.2 Å². The van der Waals surface area contributed by atoms with Gasteiger partial charge < -0.3 is 14.2 Å². The summed E-state index contributed by atoms with van der Waals surface area (Å²) >= 11 is 0. The predicted molar refractivity (Wildman–Crippen MR) is 150 cm³/mol. The van der Waals surface area contributed by atoms with Crippen LogP contribution in [-0.4, -0.2) is 37.7 Å². The third-order valence-electron chi connectivity index (χ3n) is 6.59. The number of rotatable bonds is 19. The molecule has 0 aliphatic rings. The molecular formula is C30H49O6P. The topological polar surface area (TPSA) is 78.9 Å². The summed E-state index contributed by atoms with van der Waals surface area (Å²) in [5.74, 6) is -0.157. The molecule has 0 fully saturated rings. The molecule has 1 aromatic carbocycles. The van der Waals surface area contributed by atoms with Crippen LogP contribution in [0.15, 0.2) is 18.2 Å². The maximum atomic E-state index is 13.6. The molecule has 2 unspecified atom stereocenters. The average molecular weight is 537 g/mol. The molecular weight excluding hydrogens is 487 g/mol. The van der Waals surface area contributed by atoms with Gasteiger partial charge in [-0.1, -0.05) is 85.6 Å². The number of unbranched alkanes of at least 4 members (excludes halogenated alkanes) is 7. The van der Waals surface area contributed by atoms with Gasteiger partial charge in [0, 0.05) is 6.42 Å². The Balaban J connectivity index is 3.01. The van der Waals surface area contributed by atoms with Crippen molar-refractivity contribution in [2.75, 3.05) is 20.8 Å². The summed E-state index contributed by atoms with van der Waals surface area (Å²) in [4.78, 5) is 27.0. The molecule has 6 nitrogen and oxygen atoms in total. The molecule has 0 aromatic heterocycles. The number of ketones is 1. The molecule has 1 rings (SSSR count). The summed E-state index contributed by atoms with van der Waals surface area (Å²) in [5.41, 5.74) is 0.279. The van der Waals surface area contributed by atoms with Gasteiger partial charge in [0.25, 0.3) is 0 Å². The lowest BCUT2D eigenvalue weighted by atomic mass is 9.80. The number of benzene rings is 1. The van der Waals surface area contributed by atoms with Crippen LogP contribution in [0.5, 0.6) is 11.5 Å². The number of hydrogen-bond acceptors (Lipinski definition) is 6. The molecule has 37 heavy (non-hydrogen) atoms. The highest BCUT2D eigenvalue weighted by atomic mass is 31.1. The van der Waals surface area contributed by atoms with Gasteiger partial charge in [-0.15, -0.1) is 0 Å². The summed E-state index contributed by atoms with van der Waals surface area (Å²) in [5, 5.41) is -1.46. The SMILES string of the molecule is CCCCCCCCCCOC(=O)C(CC(=O)c1c(OC)cccc1OC)(CC(C)CC(C)(C)C)P=O. The molecule has 0 saturated carbocycles. The number of carbonyl (C=O) groups excluding carboxylic acids is 2. The van der Waals surface area contributed by atoms with Crippen LogP contribution in [-0.2, 0) is 14.1 Å². The Labute approximate surface area is 226 Å². The summed E-state index contributed by atoms with van der Waals surface area (Å²) in [6.07, 6.45) is 9.93. The first-order valence-electron chi connectivity index (χ1n) is 13.8. The lowest BCUT2D eigenvalue weighted by molar-refractivity contribution is -0.147. The molecule has 0 N–H and O–H groups in total. The fourth-order valence-electron chi connectivity index (χ4n) is 5.04. The minimum atomic E-state index is -1.46. The van der Waals surface area contributed by atoms with E-state index in [1.54, 1.807) is 18.2 Å². The number of methoxy groups -OCH3 is 2. The first-order valence-corrected chi connectivity index (χ1v) is 14.6. The Bertz CT molecular complexity index is 825. The largest absolute Gasteiger partial charge is 0.496 e.